The summed E-state index contributed by atoms with van der Waals surface area (Å²) < 4.78 is 48.9. The van der Waals surface area contributed by atoms with E-state index in [0.29, 0.717) is 29.5 Å². The molecule has 1 saturated carbocycles. The zero-order valence-corrected chi connectivity index (χ0v) is 16.9. The third-order valence-corrected chi connectivity index (χ3v) is 6.15. The number of benzene rings is 2. The predicted octanol–water partition coefficient (Wildman–Crippen LogP) is 7.90. The molecule has 0 heterocycles. The summed E-state index contributed by atoms with van der Waals surface area (Å²) in [5.41, 5.74) is 1.08. The van der Waals surface area contributed by atoms with Gasteiger partial charge in [-0.2, -0.15) is 8.78 Å². The van der Waals surface area contributed by atoms with Crippen molar-refractivity contribution in [1.82, 2.24) is 0 Å². The molecule has 2 aromatic rings. The summed E-state index contributed by atoms with van der Waals surface area (Å²) in [6, 6.07) is 8.35. The molecule has 3 rings (SSSR count). The second kappa shape index (κ2) is 9.19. The van der Waals surface area contributed by atoms with Crippen LogP contribution in [0.3, 0.4) is 0 Å². The van der Waals surface area contributed by atoms with Crippen molar-refractivity contribution in [1.29, 1.82) is 0 Å². The fourth-order valence-corrected chi connectivity index (χ4v) is 4.30. The minimum absolute atomic E-state index is 0.355. The lowest BCUT2D eigenvalue weighted by atomic mass is 9.79. The maximum absolute atomic E-state index is 14.7. The summed E-state index contributed by atoms with van der Waals surface area (Å²) in [4.78, 5) is 0. The molecule has 1 fully saturated rings. The van der Waals surface area contributed by atoms with Gasteiger partial charge in [0.2, 0.25) is 0 Å². The van der Waals surface area contributed by atoms with Crippen LogP contribution in [0.4, 0.5) is 13.2 Å². The fourth-order valence-electron chi connectivity index (χ4n) is 4.30. The normalized spacial score (nSPS) is 20.5. The fraction of sp³-hybridized carbons (Fsp3) is 0.583. The summed E-state index contributed by atoms with van der Waals surface area (Å²) in [6.45, 7) is 4.19. The molecule has 0 radical (unpaired) electrons. The highest BCUT2D eigenvalue weighted by Gasteiger charge is 2.44. The SMILES string of the molecule is CCCCCC1CCC(C(F)(F)Oc2cc3ccc(CC)cc3cc2F)CC1. The Morgan fingerprint density at radius 2 is 1.71 bits per heavy atom. The van der Waals surface area contributed by atoms with E-state index >= 15 is 0 Å². The van der Waals surface area contributed by atoms with Crippen molar-refractivity contribution in [3.63, 3.8) is 0 Å². The number of rotatable bonds is 8. The Bertz CT molecular complexity index is 779. The van der Waals surface area contributed by atoms with E-state index in [0.717, 1.165) is 31.2 Å². The van der Waals surface area contributed by atoms with Gasteiger partial charge in [-0.1, -0.05) is 57.7 Å². The molecule has 1 aliphatic rings. The van der Waals surface area contributed by atoms with E-state index in [1.54, 1.807) is 0 Å². The van der Waals surface area contributed by atoms with Crippen LogP contribution in [0.1, 0.15) is 70.8 Å². The van der Waals surface area contributed by atoms with Crippen LogP contribution in [0, 0.1) is 17.7 Å². The number of halogens is 3. The molecule has 0 unspecified atom stereocenters. The first-order valence-electron chi connectivity index (χ1n) is 10.7. The Kier molecular flexibility index (Phi) is 6.90. The van der Waals surface area contributed by atoms with Crippen molar-refractivity contribution in [2.45, 2.75) is 77.7 Å². The molecule has 0 bridgehead atoms. The molecule has 154 valence electrons. The molecule has 0 atom stereocenters. The molecule has 0 amide bonds. The minimum Gasteiger partial charge on any atom is -0.429 e. The highest BCUT2D eigenvalue weighted by atomic mass is 19.3. The van der Waals surface area contributed by atoms with E-state index in [1.807, 2.05) is 25.1 Å². The molecule has 0 saturated heterocycles. The molecule has 0 N–H and O–H groups in total. The van der Waals surface area contributed by atoms with Gasteiger partial charge < -0.3 is 4.74 Å². The van der Waals surface area contributed by atoms with Crippen molar-refractivity contribution < 1.29 is 17.9 Å². The second-order valence-electron chi connectivity index (χ2n) is 8.19. The summed E-state index contributed by atoms with van der Waals surface area (Å²) >= 11 is 0. The van der Waals surface area contributed by atoms with E-state index in [1.165, 1.54) is 31.4 Å². The molecule has 1 aliphatic carbocycles. The first-order chi connectivity index (χ1) is 13.4. The summed E-state index contributed by atoms with van der Waals surface area (Å²) in [5.74, 6) is -1.38. The topological polar surface area (TPSA) is 9.23 Å². The summed E-state index contributed by atoms with van der Waals surface area (Å²) in [6.07, 6.45) is 4.71. The van der Waals surface area contributed by atoms with Gasteiger partial charge in [0, 0.05) is 0 Å². The Morgan fingerprint density at radius 1 is 0.964 bits per heavy atom. The molecular formula is C24H31F3O. The third kappa shape index (κ3) is 5.01. The van der Waals surface area contributed by atoms with Gasteiger partial charge in [-0.3, -0.25) is 0 Å². The van der Waals surface area contributed by atoms with Gasteiger partial charge in [0.1, 0.15) is 0 Å². The number of hydrogen-bond acceptors (Lipinski definition) is 1. The average Bonchev–Trinajstić information content (AvgIpc) is 2.68. The zero-order valence-electron chi connectivity index (χ0n) is 16.9. The zero-order chi connectivity index (χ0) is 20.1. The monoisotopic (exact) mass is 392 g/mol. The average molecular weight is 393 g/mol. The lowest BCUT2D eigenvalue weighted by molar-refractivity contribution is -0.224. The van der Waals surface area contributed by atoms with Crippen molar-refractivity contribution in [2.75, 3.05) is 0 Å². The number of unbranched alkanes of at least 4 members (excludes halogenated alkanes) is 2. The van der Waals surface area contributed by atoms with Gasteiger partial charge in [-0.15, -0.1) is 0 Å². The van der Waals surface area contributed by atoms with Gasteiger partial charge in [-0.25, -0.2) is 4.39 Å². The molecular weight excluding hydrogens is 361 g/mol. The molecule has 2 aromatic carbocycles. The Morgan fingerprint density at radius 3 is 2.39 bits per heavy atom. The van der Waals surface area contributed by atoms with E-state index in [9.17, 15) is 13.2 Å². The van der Waals surface area contributed by atoms with Crippen LogP contribution >= 0.6 is 0 Å². The Hall–Kier alpha value is -1.71. The summed E-state index contributed by atoms with van der Waals surface area (Å²) in [5, 5.41) is 1.42. The van der Waals surface area contributed by atoms with Crippen LogP contribution in [-0.4, -0.2) is 6.11 Å². The molecule has 0 spiro atoms. The van der Waals surface area contributed by atoms with Gasteiger partial charge in [0.05, 0.1) is 5.92 Å². The molecule has 28 heavy (non-hydrogen) atoms. The quantitative estimate of drug-likeness (QED) is 0.415. The highest BCUT2D eigenvalue weighted by molar-refractivity contribution is 5.84. The molecule has 0 aromatic heterocycles. The Balaban J connectivity index is 1.66. The van der Waals surface area contributed by atoms with E-state index < -0.39 is 17.8 Å². The van der Waals surface area contributed by atoms with Crippen LogP contribution in [0.15, 0.2) is 30.3 Å². The minimum atomic E-state index is -3.34. The van der Waals surface area contributed by atoms with Crippen LogP contribution in [-0.2, 0) is 6.42 Å². The Labute approximate surface area is 166 Å². The molecule has 0 aliphatic heterocycles. The number of aryl methyl sites for hydroxylation is 1. The van der Waals surface area contributed by atoms with Crippen LogP contribution in [0.5, 0.6) is 5.75 Å². The predicted molar refractivity (Wildman–Crippen MR) is 108 cm³/mol. The van der Waals surface area contributed by atoms with Gasteiger partial charge in [0.15, 0.2) is 11.6 Å². The molecule has 4 heteroatoms. The second-order valence-corrected chi connectivity index (χ2v) is 8.19. The van der Waals surface area contributed by atoms with Crippen molar-refractivity contribution in [3.8, 4) is 5.75 Å². The molecule has 1 nitrogen and oxygen atoms in total. The van der Waals surface area contributed by atoms with E-state index in [-0.39, 0.29) is 5.75 Å². The number of hydrogen-bond donors (Lipinski definition) is 0. The van der Waals surface area contributed by atoms with Crippen molar-refractivity contribution in [3.05, 3.63) is 41.7 Å². The van der Waals surface area contributed by atoms with E-state index in [4.69, 9.17) is 4.74 Å². The lowest BCUT2D eigenvalue weighted by Crippen LogP contribution is -2.37. The maximum atomic E-state index is 14.7. The smallest absolute Gasteiger partial charge is 0.400 e. The van der Waals surface area contributed by atoms with Gasteiger partial charge in [-0.05, 0) is 66.5 Å². The highest BCUT2D eigenvalue weighted by Crippen LogP contribution is 2.42. The van der Waals surface area contributed by atoms with Gasteiger partial charge >= 0.3 is 6.11 Å². The maximum Gasteiger partial charge on any atom is 0.400 e. The van der Waals surface area contributed by atoms with Crippen LogP contribution < -0.4 is 4.74 Å². The number of ether oxygens (including phenoxy) is 1. The van der Waals surface area contributed by atoms with Crippen LogP contribution in [0.25, 0.3) is 10.8 Å². The number of alkyl halides is 2. The largest absolute Gasteiger partial charge is 0.429 e. The summed E-state index contributed by atoms with van der Waals surface area (Å²) in [7, 11) is 0. The first kappa shape index (κ1) is 21.0. The van der Waals surface area contributed by atoms with Crippen molar-refractivity contribution in [2.24, 2.45) is 11.8 Å². The van der Waals surface area contributed by atoms with Gasteiger partial charge in [0.25, 0.3) is 0 Å². The van der Waals surface area contributed by atoms with E-state index in [2.05, 4.69) is 6.92 Å². The number of fused-ring (bicyclic) bond motifs is 1. The third-order valence-electron chi connectivity index (χ3n) is 6.15. The standard InChI is InChI=1S/C24H31F3O/c1-3-5-6-7-18-9-12-21(13-10-18)24(26,27)28-23-16-19-11-8-17(4-2)14-20(19)15-22(23)25/h8,11,14-16,18,21H,3-7,9-10,12-13H2,1-2H3. The van der Waals surface area contributed by atoms with Crippen molar-refractivity contribution >= 4 is 10.8 Å². The first-order valence-corrected chi connectivity index (χ1v) is 10.7. The lowest BCUT2D eigenvalue weighted by Gasteiger charge is -2.33. The van der Waals surface area contributed by atoms with Crippen LogP contribution in [0.2, 0.25) is 0 Å².